The van der Waals surface area contributed by atoms with Crippen molar-refractivity contribution in [2.45, 2.75) is 87.9 Å². The molecule has 0 aliphatic carbocycles. The first kappa shape index (κ1) is 32.3. The number of thioether (sulfide) groups is 1. The Morgan fingerprint density at radius 1 is 1.14 bits per heavy atom. The minimum absolute atomic E-state index is 0.00250. The van der Waals surface area contributed by atoms with Gasteiger partial charge in [0.25, 0.3) is 0 Å². The van der Waals surface area contributed by atoms with Gasteiger partial charge in [0.15, 0.2) is 0 Å². The molecule has 1 spiro atoms. The molecular weight excluding hydrogens is 546 g/mol. The van der Waals surface area contributed by atoms with E-state index < -0.39 is 22.6 Å². The number of likely N-dealkylation sites (tertiary alicyclic amines) is 1. The smallest absolute Gasteiger partial charge is 0.247 e. The minimum atomic E-state index is -0.645. The van der Waals surface area contributed by atoms with Crippen LogP contribution in [0.1, 0.15) is 64.9 Å². The molecule has 0 radical (unpaired) electrons. The van der Waals surface area contributed by atoms with Crippen molar-refractivity contribution in [1.82, 2.24) is 14.7 Å². The van der Waals surface area contributed by atoms with Crippen LogP contribution in [0, 0.1) is 17.8 Å². The molecule has 230 valence electrons. The first-order chi connectivity index (χ1) is 20.3. The van der Waals surface area contributed by atoms with Crippen LogP contribution in [-0.4, -0.2) is 85.8 Å². The van der Waals surface area contributed by atoms with Gasteiger partial charge in [-0.15, -0.1) is 24.9 Å². The van der Waals surface area contributed by atoms with Gasteiger partial charge in [-0.25, -0.2) is 0 Å². The van der Waals surface area contributed by atoms with Crippen LogP contribution < -0.4 is 0 Å². The van der Waals surface area contributed by atoms with Gasteiger partial charge in [-0.1, -0.05) is 62.8 Å². The third-order valence-corrected chi connectivity index (χ3v) is 11.6. The zero-order chi connectivity index (χ0) is 30.4. The largest absolute Gasteiger partial charge is 0.396 e. The van der Waals surface area contributed by atoms with E-state index in [0.29, 0.717) is 39.0 Å². The summed E-state index contributed by atoms with van der Waals surface area (Å²) in [6, 6.07) is 9.32. The van der Waals surface area contributed by atoms with Crippen molar-refractivity contribution in [2.24, 2.45) is 17.8 Å². The van der Waals surface area contributed by atoms with Crippen LogP contribution in [0.3, 0.4) is 0 Å². The predicted molar refractivity (Wildman–Crippen MR) is 170 cm³/mol. The fourth-order valence-corrected chi connectivity index (χ4v) is 10.1. The SMILES string of the molecule is C=CCN(Cc1ccccc1)C(=O)[C@@H]1[C@@H]2CC(C)C3(S2)C(C(=O)N(CC=C)C(C)CCC)N(CCCCCO)C(=O)[C@H]13. The number of fused-ring (bicyclic) bond motifs is 1. The summed E-state index contributed by atoms with van der Waals surface area (Å²) >= 11 is 1.73. The molecule has 42 heavy (non-hydrogen) atoms. The van der Waals surface area contributed by atoms with Crippen LogP contribution in [0.25, 0.3) is 0 Å². The van der Waals surface area contributed by atoms with Gasteiger partial charge in [0.05, 0.1) is 16.6 Å². The number of carbonyl (C=O) groups excluding carboxylic acids is 3. The molecule has 4 rings (SSSR count). The molecule has 7 atom stereocenters. The maximum Gasteiger partial charge on any atom is 0.247 e. The summed E-state index contributed by atoms with van der Waals surface area (Å²) in [4.78, 5) is 49.1. The average molecular weight is 596 g/mol. The van der Waals surface area contributed by atoms with Crippen LogP contribution in [0.15, 0.2) is 55.6 Å². The van der Waals surface area contributed by atoms with Gasteiger partial charge in [-0.05, 0) is 50.5 Å². The summed E-state index contributed by atoms with van der Waals surface area (Å²) in [5, 5.41) is 9.34. The van der Waals surface area contributed by atoms with Gasteiger partial charge >= 0.3 is 0 Å². The molecule has 3 heterocycles. The van der Waals surface area contributed by atoms with E-state index in [1.807, 2.05) is 45.0 Å². The maximum absolute atomic E-state index is 14.6. The zero-order valence-electron chi connectivity index (χ0n) is 25.6. The molecular formula is C34H49N3O4S. The Bertz CT molecular complexity index is 1130. The lowest BCUT2D eigenvalue weighted by Crippen LogP contribution is -2.58. The van der Waals surface area contributed by atoms with E-state index >= 15 is 0 Å². The Morgan fingerprint density at radius 3 is 2.50 bits per heavy atom. The molecule has 8 heteroatoms. The van der Waals surface area contributed by atoms with E-state index in [0.717, 1.165) is 31.2 Å². The van der Waals surface area contributed by atoms with Gasteiger partial charge in [-0.2, -0.15) is 0 Å². The lowest BCUT2D eigenvalue weighted by atomic mass is 9.65. The van der Waals surface area contributed by atoms with Crippen molar-refractivity contribution >= 4 is 29.5 Å². The Morgan fingerprint density at radius 2 is 1.86 bits per heavy atom. The van der Waals surface area contributed by atoms with E-state index in [1.165, 1.54) is 0 Å². The molecule has 0 saturated carbocycles. The second-order valence-electron chi connectivity index (χ2n) is 12.3. The van der Waals surface area contributed by atoms with Crippen molar-refractivity contribution in [3.63, 3.8) is 0 Å². The predicted octanol–water partition coefficient (Wildman–Crippen LogP) is 4.90. The summed E-state index contributed by atoms with van der Waals surface area (Å²) < 4.78 is -0.645. The summed E-state index contributed by atoms with van der Waals surface area (Å²) in [5.74, 6) is -0.979. The molecule has 3 aliphatic heterocycles. The summed E-state index contributed by atoms with van der Waals surface area (Å²) in [5.41, 5.74) is 1.04. The van der Waals surface area contributed by atoms with Gasteiger partial charge in [-0.3, -0.25) is 14.4 Å². The quantitative estimate of drug-likeness (QED) is 0.217. The van der Waals surface area contributed by atoms with Crippen LogP contribution in [0.5, 0.6) is 0 Å². The fraction of sp³-hybridized carbons (Fsp3) is 0.618. The van der Waals surface area contributed by atoms with Crippen molar-refractivity contribution < 1.29 is 19.5 Å². The fourth-order valence-electron chi connectivity index (χ4n) is 7.65. The van der Waals surface area contributed by atoms with E-state index in [-0.39, 0.29) is 41.5 Å². The van der Waals surface area contributed by atoms with Gasteiger partial charge < -0.3 is 19.8 Å². The number of benzene rings is 1. The third kappa shape index (κ3) is 5.94. The van der Waals surface area contributed by atoms with E-state index in [4.69, 9.17) is 0 Å². The Labute approximate surface area is 256 Å². The highest BCUT2D eigenvalue weighted by molar-refractivity contribution is 8.02. The van der Waals surface area contributed by atoms with Crippen molar-refractivity contribution in [1.29, 1.82) is 0 Å². The Kier molecular flexibility index (Phi) is 11.0. The number of amides is 3. The monoisotopic (exact) mass is 595 g/mol. The van der Waals surface area contributed by atoms with Crippen LogP contribution in [-0.2, 0) is 20.9 Å². The van der Waals surface area contributed by atoms with Crippen molar-refractivity contribution in [3.8, 4) is 0 Å². The van der Waals surface area contributed by atoms with Crippen molar-refractivity contribution in [2.75, 3.05) is 26.2 Å². The van der Waals surface area contributed by atoms with Crippen LogP contribution in [0.4, 0.5) is 0 Å². The summed E-state index contributed by atoms with van der Waals surface area (Å²) in [7, 11) is 0. The Balaban J connectivity index is 1.72. The molecule has 1 N–H and O–H groups in total. The number of nitrogens with zero attached hydrogens (tertiary/aromatic N) is 3. The van der Waals surface area contributed by atoms with E-state index in [9.17, 15) is 19.5 Å². The highest BCUT2D eigenvalue weighted by Gasteiger charge is 2.76. The maximum atomic E-state index is 14.6. The molecule has 3 aliphatic rings. The molecule has 3 amide bonds. The van der Waals surface area contributed by atoms with E-state index in [1.54, 1.807) is 23.9 Å². The highest BCUT2D eigenvalue weighted by Crippen LogP contribution is 2.69. The lowest BCUT2D eigenvalue weighted by molar-refractivity contribution is -0.145. The second-order valence-corrected chi connectivity index (χ2v) is 13.8. The molecule has 3 saturated heterocycles. The zero-order valence-corrected chi connectivity index (χ0v) is 26.4. The number of aliphatic hydroxyl groups is 1. The topological polar surface area (TPSA) is 81.2 Å². The number of hydrogen-bond donors (Lipinski definition) is 1. The van der Waals surface area contributed by atoms with Crippen LogP contribution in [0.2, 0.25) is 0 Å². The Hall–Kier alpha value is -2.58. The number of carbonyl (C=O) groups is 3. The van der Waals surface area contributed by atoms with Gasteiger partial charge in [0.1, 0.15) is 6.04 Å². The molecule has 1 aromatic rings. The average Bonchev–Trinajstić information content (AvgIpc) is 3.57. The first-order valence-electron chi connectivity index (χ1n) is 15.7. The molecule has 3 fully saturated rings. The molecule has 0 aromatic heterocycles. The normalized spacial score (nSPS) is 28.4. The van der Waals surface area contributed by atoms with Crippen molar-refractivity contribution in [3.05, 3.63) is 61.2 Å². The lowest BCUT2D eigenvalue weighted by Gasteiger charge is -2.42. The molecule has 7 nitrogen and oxygen atoms in total. The minimum Gasteiger partial charge on any atom is -0.396 e. The van der Waals surface area contributed by atoms with Gasteiger partial charge in [0.2, 0.25) is 17.7 Å². The summed E-state index contributed by atoms with van der Waals surface area (Å²) in [6.07, 6.45) is 8.31. The molecule has 4 unspecified atom stereocenters. The number of aliphatic hydroxyl groups excluding tert-OH is 1. The van der Waals surface area contributed by atoms with E-state index in [2.05, 4.69) is 33.9 Å². The first-order valence-corrected chi connectivity index (χ1v) is 16.6. The number of rotatable bonds is 16. The second kappa shape index (κ2) is 14.3. The van der Waals surface area contributed by atoms with Gasteiger partial charge in [0, 0.05) is 44.1 Å². The van der Waals surface area contributed by atoms with Crippen LogP contribution >= 0.6 is 11.8 Å². The third-order valence-electron chi connectivity index (χ3n) is 9.55. The highest BCUT2D eigenvalue weighted by atomic mass is 32.2. The standard InChI is InChI=1S/C34H49N3O4S/c1-6-15-25(5)36(19-8-3)33(41)30-34-24(4)22-27(42-34)28(29(34)32(40)37(30)20-13-10-14-21-38)31(39)35(18-7-2)23-26-16-11-9-12-17-26/h7-9,11-12,16-17,24-25,27-30,38H,2-3,6,10,13-15,18-23H2,1,4-5H3/t24?,25?,27-,28+,29-,30?,34?/m0/s1. The number of hydrogen-bond acceptors (Lipinski definition) is 5. The molecule has 2 bridgehead atoms. The summed E-state index contributed by atoms with van der Waals surface area (Å²) in [6.45, 7) is 16.0. The molecule has 1 aromatic carbocycles. The number of unbranched alkanes of at least 4 members (excludes halogenated alkanes) is 2.